The van der Waals surface area contributed by atoms with E-state index in [9.17, 15) is 15.0 Å². The first-order valence-electron chi connectivity index (χ1n) is 5.01. The molecule has 0 aliphatic carbocycles. The summed E-state index contributed by atoms with van der Waals surface area (Å²) in [4.78, 5) is 15.1. The van der Waals surface area contributed by atoms with Crippen LogP contribution in [0.15, 0.2) is 18.3 Å². The van der Waals surface area contributed by atoms with Gasteiger partial charge in [0, 0.05) is 6.20 Å². The molecule has 1 rings (SSSR count). The van der Waals surface area contributed by atoms with Crippen molar-refractivity contribution in [2.45, 2.75) is 26.1 Å². The molecule has 5 nitrogen and oxygen atoms in total. The smallest absolute Gasteiger partial charge is 0.338 e. The highest BCUT2D eigenvalue weighted by Gasteiger charge is 2.27. The Hall–Kier alpha value is -1.46. The molecule has 0 aliphatic rings. The van der Waals surface area contributed by atoms with Crippen LogP contribution in [0, 0.1) is 6.92 Å². The summed E-state index contributed by atoms with van der Waals surface area (Å²) >= 11 is 0. The summed E-state index contributed by atoms with van der Waals surface area (Å²) in [6, 6.07) is 3.30. The fourth-order valence-electron chi connectivity index (χ4n) is 1.17. The molecule has 2 unspecified atom stereocenters. The molecule has 88 valence electrons. The number of aromatic nitrogens is 1. The molecular weight excluding hydrogens is 210 g/mol. The third-order valence-corrected chi connectivity index (χ3v) is 2.06. The van der Waals surface area contributed by atoms with Gasteiger partial charge in [-0.3, -0.25) is 4.98 Å². The second-order valence-corrected chi connectivity index (χ2v) is 3.40. The van der Waals surface area contributed by atoms with Crippen molar-refractivity contribution in [2.24, 2.45) is 0 Å². The summed E-state index contributed by atoms with van der Waals surface area (Å²) in [5.41, 5.74) is 1.17. The Kier molecular flexibility index (Phi) is 4.39. The summed E-state index contributed by atoms with van der Waals surface area (Å²) in [5.74, 6) is -0.850. The highest BCUT2D eigenvalue weighted by Crippen LogP contribution is 2.15. The van der Waals surface area contributed by atoms with Crippen molar-refractivity contribution in [3.63, 3.8) is 0 Å². The number of pyridine rings is 1. The van der Waals surface area contributed by atoms with Gasteiger partial charge in [-0.25, -0.2) is 4.79 Å². The Balaban J connectivity index is 2.73. The first-order chi connectivity index (χ1) is 7.56. The number of esters is 1. The van der Waals surface area contributed by atoms with E-state index in [0.29, 0.717) is 0 Å². The molecule has 16 heavy (non-hydrogen) atoms. The summed E-state index contributed by atoms with van der Waals surface area (Å²) < 4.78 is 4.59. The van der Waals surface area contributed by atoms with E-state index in [1.165, 1.54) is 0 Å². The number of aryl methyl sites for hydroxylation is 1. The fourth-order valence-corrected chi connectivity index (χ4v) is 1.17. The minimum Gasteiger partial charge on any atom is -0.464 e. The zero-order valence-electron chi connectivity index (χ0n) is 9.25. The molecule has 0 aliphatic heterocycles. The predicted octanol–water partition coefficient (Wildman–Crippen LogP) is 0.347. The largest absolute Gasteiger partial charge is 0.464 e. The van der Waals surface area contributed by atoms with Gasteiger partial charge in [0.1, 0.15) is 6.10 Å². The van der Waals surface area contributed by atoms with Crippen LogP contribution in [-0.4, -0.2) is 33.9 Å². The van der Waals surface area contributed by atoms with E-state index in [4.69, 9.17) is 0 Å². The Morgan fingerprint density at radius 2 is 2.19 bits per heavy atom. The molecule has 2 atom stereocenters. The van der Waals surface area contributed by atoms with Gasteiger partial charge in [0.05, 0.1) is 12.3 Å². The molecule has 0 radical (unpaired) electrons. The van der Waals surface area contributed by atoms with Crippen LogP contribution in [0.25, 0.3) is 0 Å². The van der Waals surface area contributed by atoms with Crippen molar-refractivity contribution in [1.82, 2.24) is 4.98 Å². The van der Waals surface area contributed by atoms with E-state index in [2.05, 4.69) is 9.72 Å². The van der Waals surface area contributed by atoms with Gasteiger partial charge in [-0.2, -0.15) is 0 Å². The van der Waals surface area contributed by atoms with Gasteiger partial charge in [0.15, 0.2) is 6.10 Å². The van der Waals surface area contributed by atoms with Crippen LogP contribution in [0.3, 0.4) is 0 Å². The standard InChI is InChI=1S/C11H15NO4/c1-3-16-11(15)10(14)9(13)8-5-4-7(2)6-12-8/h4-6,9-10,13-14H,3H2,1-2H3. The number of aliphatic hydroxyl groups is 2. The quantitative estimate of drug-likeness (QED) is 0.723. The van der Waals surface area contributed by atoms with Gasteiger partial charge in [0.25, 0.3) is 0 Å². The van der Waals surface area contributed by atoms with E-state index in [0.717, 1.165) is 5.56 Å². The zero-order valence-corrected chi connectivity index (χ0v) is 9.25. The Morgan fingerprint density at radius 1 is 1.50 bits per heavy atom. The van der Waals surface area contributed by atoms with Gasteiger partial charge in [-0.05, 0) is 25.5 Å². The third kappa shape index (κ3) is 3.01. The molecule has 1 aromatic rings. The van der Waals surface area contributed by atoms with Crippen LogP contribution in [-0.2, 0) is 9.53 Å². The zero-order chi connectivity index (χ0) is 12.1. The molecule has 0 amide bonds. The van der Waals surface area contributed by atoms with Crippen LogP contribution in [0.5, 0.6) is 0 Å². The maximum absolute atomic E-state index is 11.2. The number of nitrogens with zero attached hydrogens (tertiary/aromatic N) is 1. The maximum atomic E-state index is 11.2. The van der Waals surface area contributed by atoms with Crippen LogP contribution >= 0.6 is 0 Å². The van der Waals surface area contributed by atoms with Crippen molar-refractivity contribution in [1.29, 1.82) is 0 Å². The molecule has 5 heteroatoms. The Labute approximate surface area is 93.7 Å². The van der Waals surface area contributed by atoms with Gasteiger partial charge < -0.3 is 14.9 Å². The van der Waals surface area contributed by atoms with Crippen molar-refractivity contribution < 1.29 is 19.7 Å². The average molecular weight is 225 g/mol. The second-order valence-electron chi connectivity index (χ2n) is 3.40. The molecule has 0 fully saturated rings. The first kappa shape index (κ1) is 12.6. The molecule has 1 aromatic heterocycles. The van der Waals surface area contributed by atoms with Crippen molar-refractivity contribution in [2.75, 3.05) is 6.61 Å². The lowest BCUT2D eigenvalue weighted by Gasteiger charge is -2.15. The first-order valence-corrected chi connectivity index (χ1v) is 5.01. The van der Waals surface area contributed by atoms with Crippen molar-refractivity contribution in [3.8, 4) is 0 Å². The highest BCUT2D eigenvalue weighted by atomic mass is 16.5. The lowest BCUT2D eigenvalue weighted by molar-refractivity contribution is -0.159. The second kappa shape index (κ2) is 5.58. The Bertz CT molecular complexity index is 350. The molecule has 0 saturated heterocycles. The third-order valence-electron chi connectivity index (χ3n) is 2.06. The minimum atomic E-state index is -1.60. The highest BCUT2D eigenvalue weighted by molar-refractivity contribution is 5.75. The van der Waals surface area contributed by atoms with E-state index >= 15 is 0 Å². The lowest BCUT2D eigenvalue weighted by atomic mass is 10.1. The molecule has 1 heterocycles. The number of rotatable bonds is 4. The molecule has 2 N–H and O–H groups in total. The van der Waals surface area contributed by atoms with Crippen LogP contribution < -0.4 is 0 Å². The number of ether oxygens (including phenoxy) is 1. The molecule has 0 aromatic carbocycles. The average Bonchev–Trinajstić information content (AvgIpc) is 2.28. The SMILES string of the molecule is CCOC(=O)C(O)C(O)c1ccc(C)cn1. The fraction of sp³-hybridized carbons (Fsp3) is 0.455. The molecular formula is C11H15NO4. The number of aliphatic hydroxyl groups excluding tert-OH is 2. The lowest BCUT2D eigenvalue weighted by Crippen LogP contribution is -2.30. The van der Waals surface area contributed by atoms with E-state index in [1.54, 1.807) is 25.3 Å². The number of hydrogen-bond donors (Lipinski definition) is 2. The number of carbonyl (C=O) groups excluding carboxylic acids is 1. The van der Waals surface area contributed by atoms with E-state index in [1.807, 2.05) is 6.92 Å². The molecule has 0 saturated carbocycles. The normalized spacial score (nSPS) is 14.2. The maximum Gasteiger partial charge on any atom is 0.338 e. The van der Waals surface area contributed by atoms with Crippen molar-refractivity contribution in [3.05, 3.63) is 29.6 Å². The summed E-state index contributed by atoms with van der Waals surface area (Å²) in [7, 11) is 0. The number of carbonyl (C=O) groups is 1. The molecule has 0 bridgehead atoms. The van der Waals surface area contributed by atoms with Crippen LogP contribution in [0.2, 0.25) is 0 Å². The Morgan fingerprint density at radius 3 is 2.69 bits per heavy atom. The van der Waals surface area contributed by atoms with Gasteiger partial charge >= 0.3 is 5.97 Å². The van der Waals surface area contributed by atoms with Gasteiger partial charge in [0.2, 0.25) is 0 Å². The summed E-state index contributed by atoms with van der Waals surface area (Å²) in [6.07, 6.45) is -1.41. The monoisotopic (exact) mass is 225 g/mol. The van der Waals surface area contributed by atoms with E-state index in [-0.39, 0.29) is 12.3 Å². The van der Waals surface area contributed by atoms with Crippen LogP contribution in [0.1, 0.15) is 24.3 Å². The van der Waals surface area contributed by atoms with Crippen molar-refractivity contribution >= 4 is 5.97 Å². The van der Waals surface area contributed by atoms with Gasteiger partial charge in [-0.15, -0.1) is 0 Å². The minimum absolute atomic E-state index is 0.157. The number of hydrogen-bond acceptors (Lipinski definition) is 5. The molecule has 0 spiro atoms. The summed E-state index contributed by atoms with van der Waals surface area (Å²) in [6.45, 7) is 3.63. The topological polar surface area (TPSA) is 79.7 Å². The van der Waals surface area contributed by atoms with E-state index < -0.39 is 18.2 Å². The van der Waals surface area contributed by atoms with Crippen LogP contribution in [0.4, 0.5) is 0 Å². The van der Waals surface area contributed by atoms with Gasteiger partial charge in [-0.1, -0.05) is 6.07 Å². The summed E-state index contributed by atoms with van der Waals surface area (Å²) in [5, 5.41) is 19.1. The predicted molar refractivity (Wildman–Crippen MR) is 56.6 cm³/mol.